The molecule has 0 spiro atoms. The van der Waals surface area contributed by atoms with Gasteiger partial charge in [-0.25, -0.2) is 0 Å². The van der Waals surface area contributed by atoms with Gasteiger partial charge >= 0.3 is 0 Å². The summed E-state index contributed by atoms with van der Waals surface area (Å²) in [7, 11) is 0. The molecule has 53 heavy (non-hydrogen) atoms. The van der Waals surface area contributed by atoms with Crippen molar-refractivity contribution in [2.75, 3.05) is 4.90 Å². The van der Waals surface area contributed by atoms with Gasteiger partial charge in [-0.05, 0) is 84.7 Å². The highest BCUT2D eigenvalue weighted by Crippen LogP contribution is 2.60. The average Bonchev–Trinajstić information content (AvgIpc) is 3.94. The fourth-order valence-electron chi connectivity index (χ4n) is 10.6. The minimum atomic E-state index is -0.324. The summed E-state index contributed by atoms with van der Waals surface area (Å²) in [6.07, 6.45) is 15.0. The minimum absolute atomic E-state index is 0.0754. The Balaban J connectivity index is 1.11. The fourth-order valence-corrected chi connectivity index (χ4v) is 10.6. The third-order valence-electron chi connectivity index (χ3n) is 12.8. The molecule has 13 rings (SSSR count). The Bertz CT molecular complexity index is 3250. The van der Waals surface area contributed by atoms with E-state index in [0.29, 0.717) is 0 Å². The van der Waals surface area contributed by atoms with E-state index < -0.39 is 0 Å². The van der Waals surface area contributed by atoms with Crippen LogP contribution < -0.4 is 4.90 Å². The van der Waals surface area contributed by atoms with E-state index in [1.54, 1.807) is 0 Å². The molecule has 6 aromatic carbocycles. The number of benzene rings is 6. The second-order valence-electron chi connectivity index (χ2n) is 15.3. The first kappa shape index (κ1) is 28.1. The van der Waals surface area contributed by atoms with Crippen molar-refractivity contribution in [2.24, 2.45) is 0 Å². The number of allylic oxidation sites excluding steroid dienone is 6. The molecule has 3 aromatic heterocycles. The summed E-state index contributed by atoms with van der Waals surface area (Å²) in [5.41, 5.74) is 14.9. The van der Waals surface area contributed by atoms with Gasteiger partial charge in [0.15, 0.2) is 0 Å². The van der Waals surface area contributed by atoms with E-state index in [2.05, 4.69) is 168 Å². The lowest BCUT2D eigenvalue weighted by atomic mass is 9.68. The van der Waals surface area contributed by atoms with Gasteiger partial charge < -0.3 is 18.3 Å². The monoisotopic (exact) mass is 680 g/mol. The van der Waals surface area contributed by atoms with Gasteiger partial charge in [-0.2, -0.15) is 0 Å². The molecule has 4 aliphatic rings. The van der Waals surface area contributed by atoms with Crippen LogP contribution in [0.25, 0.3) is 76.9 Å². The van der Waals surface area contributed by atoms with Crippen LogP contribution in [0.2, 0.25) is 0 Å². The molecular formula is C49H32N2O2. The number of rotatable bonds is 1. The number of nitrogens with zero attached hydrogens (tertiary/aromatic N) is 2. The number of hydrogen-bond donors (Lipinski definition) is 0. The first-order valence-electron chi connectivity index (χ1n) is 18.7. The largest absolute Gasteiger partial charge is 0.455 e. The number of hydrogen-bond acceptors (Lipinski definition) is 3. The number of aromatic nitrogens is 1. The highest BCUT2D eigenvalue weighted by atomic mass is 16.3. The van der Waals surface area contributed by atoms with Gasteiger partial charge in [-0.3, -0.25) is 0 Å². The third-order valence-corrected chi connectivity index (χ3v) is 12.8. The molecule has 4 heteroatoms. The molecule has 0 N–H and O–H groups in total. The van der Waals surface area contributed by atoms with Crippen molar-refractivity contribution in [1.82, 2.24) is 4.57 Å². The minimum Gasteiger partial charge on any atom is -0.455 e. The SMILES string of the molecule is CC12C=CC=C3c4c(ccc5c4oc4ccccc45)N(C4=CC=CCC4c4c(-n5c6ccccc6c6c7oc8ccccc8c7ccc65)cccc41)C32. The lowest BCUT2D eigenvalue weighted by molar-refractivity contribution is 0.528. The zero-order valence-electron chi connectivity index (χ0n) is 29.0. The maximum atomic E-state index is 6.73. The summed E-state index contributed by atoms with van der Waals surface area (Å²) < 4.78 is 15.9. The highest BCUT2D eigenvalue weighted by molar-refractivity contribution is 6.24. The standard InChI is InChI=1S/C49H32N2O2/c1-49-27-11-16-34-45-40(26-24-31-29-13-5-9-22-42(29)53-47(31)45)51(48(34)49)37-19-7-2-14-32(37)43-35(49)17-10-20-38(43)50-36-18-6-3-15-33(36)44-39(50)25-23-30-28-12-4-8-21-41(28)52-46(30)44/h2-13,15-27,32,48H,14H2,1H3. The van der Waals surface area contributed by atoms with Crippen LogP contribution in [0.15, 0.2) is 166 Å². The number of fused-ring (bicyclic) bond motifs is 19. The molecule has 9 aromatic rings. The van der Waals surface area contributed by atoms with Crippen molar-refractivity contribution in [3.8, 4) is 5.69 Å². The second kappa shape index (κ2) is 9.67. The molecule has 0 bridgehead atoms. The van der Waals surface area contributed by atoms with Gasteiger partial charge in [0.05, 0.1) is 33.8 Å². The van der Waals surface area contributed by atoms with Crippen LogP contribution >= 0.6 is 0 Å². The van der Waals surface area contributed by atoms with Gasteiger partial charge in [-0.15, -0.1) is 0 Å². The van der Waals surface area contributed by atoms with Crippen LogP contribution in [-0.4, -0.2) is 10.6 Å². The number of anilines is 1. The van der Waals surface area contributed by atoms with E-state index in [4.69, 9.17) is 8.83 Å². The lowest BCUT2D eigenvalue weighted by Crippen LogP contribution is -2.45. The molecule has 0 saturated heterocycles. The highest BCUT2D eigenvalue weighted by Gasteiger charge is 2.53. The van der Waals surface area contributed by atoms with Gasteiger partial charge in [0.2, 0.25) is 0 Å². The molecule has 3 unspecified atom stereocenters. The molecule has 0 radical (unpaired) electrons. The molecule has 2 aliphatic carbocycles. The van der Waals surface area contributed by atoms with E-state index in [-0.39, 0.29) is 17.4 Å². The maximum Gasteiger partial charge on any atom is 0.145 e. The van der Waals surface area contributed by atoms with E-state index >= 15 is 0 Å². The fraction of sp³-hybridized carbons (Fsp3) is 0.102. The predicted octanol–water partition coefficient (Wildman–Crippen LogP) is 12.6. The first-order valence-corrected chi connectivity index (χ1v) is 18.7. The Morgan fingerprint density at radius 2 is 1.36 bits per heavy atom. The average molecular weight is 681 g/mol. The Morgan fingerprint density at radius 3 is 2.21 bits per heavy atom. The molecule has 250 valence electrons. The smallest absolute Gasteiger partial charge is 0.145 e. The maximum absolute atomic E-state index is 6.73. The van der Waals surface area contributed by atoms with Crippen molar-refractivity contribution in [3.63, 3.8) is 0 Å². The second-order valence-corrected chi connectivity index (χ2v) is 15.3. The van der Waals surface area contributed by atoms with Crippen LogP contribution in [0, 0.1) is 0 Å². The predicted molar refractivity (Wildman–Crippen MR) is 217 cm³/mol. The van der Waals surface area contributed by atoms with E-state index in [0.717, 1.165) is 45.0 Å². The van der Waals surface area contributed by atoms with Crippen LogP contribution in [0.3, 0.4) is 0 Å². The van der Waals surface area contributed by atoms with Crippen molar-refractivity contribution in [3.05, 3.63) is 174 Å². The normalized spacial score (nSPS) is 21.3. The van der Waals surface area contributed by atoms with Gasteiger partial charge in [-0.1, -0.05) is 97.1 Å². The summed E-state index contributed by atoms with van der Waals surface area (Å²) in [6.45, 7) is 2.45. The molecule has 4 nitrogen and oxygen atoms in total. The molecular weight excluding hydrogens is 649 g/mol. The van der Waals surface area contributed by atoms with Crippen molar-refractivity contribution in [2.45, 2.75) is 30.7 Å². The molecule has 0 fully saturated rings. The first-order chi connectivity index (χ1) is 26.2. The Labute approximate surface area is 304 Å². The number of para-hydroxylation sites is 3. The quantitative estimate of drug-likeness (QED) is 0.173. The zero-order chi connectivity index (χ0) is 34.6. The topological polar surface area (TPSA) is 34.5 Å². The van der Waals surface area contributed by atoms with Crippen molar-refractivity contribution < 1.29 is 8.83 Å². The van der Waals surface area contributed by atoms with E-state index in [9.17, 15) is 0 Å². The lowest BCUT2D eigenvalue weighted by Gasteiger charge is -2.41. The zero-order valence-corrected chi connectivity index (χ0v) is 29.0. The molecule has 0 amide bonds. The third kappa shape index (κ3) is 3.34. The van der Waals surface area contributed by atoms with Gasteiger partial charge in [0, 0.05) is 49.5 Å². The van der Waals surface area contributed by atoms with E-state index in [1.165, 1.54) is 66.4 Å². The van der Waals surface area contributed by atoms with Crippen LogP contribution in [0.4, 0.5) is 5.69 Å². The molecule has 3 atom stereocenters. The molecule has 5 heterocycles. The Morgan fingerprint density at radius 1 is 0.623 bits per heavy atom. The van der Waals surface area contributed by atoms with Gasteiger partial charge in [0.25, 0.3) is 0 Å². The summed E-state index contributed by atoms with van der Waals surface area (Å²) in [5.74, 6) is 0.145. The van der Waals surface area contributed by atoms with Crippen molar-refractivity contribution in [1.29, 1.82) is 0 Å². The van der Waals surface area contributed by atoms with Crippen LogP contribution in [0.5, 0.6) is 0 Å². The number of furan rings is 2. The van der Waals surface area contributed by atoms with Crippen molar-refractivity contribution >= 4 is 76.9 Å². The summed E-state index contributed by atoms with van der Waals surface area (Å²) in [4.78, 5) is 2.67. The van der Waals surface area contributed by atoms with Crippen LogP contribution in [-0.2, 0) is 5.41 Å². The van der Waals surface area contributed by atoms with Gasteiger partial charge in [0.1, 0.15) is 22.3 Å². The summed E-state index contributed by atoms with van der Waals surface area (Å²) >= 11 is 0. The van der Waals surface area contributed by atoms with E-state index in [1.807, 2.05) is 0 Å². The molecule has 2 aliphatic heterocycles. The Kier molecular flexibility index (Phi) is 5.13. The van der Waals surface area contributed by atoms with Crippen LogP contribution in [0.1, 0.15) is 36.0 Å². The Hall–Kier alpha value is -6.52. The summed E-state index contributed by atoms with van der Waals surface area (Å²) in [6, 6.07) is 41.9. The molecule has 0 saturated carbocycles. The summed E-state index contributed by atoms with van der Waals surface area (Å²) in [5, 5.41) is 7.02.